The van der Waals surface area contributed by atoms with Gasteiger partial charge in [0.05, 0.1) is 0 Å². The Hall–Kier alpha value is -3.47. The molecule has 1 fully saturated rings. The Bertz CT molecular complexity index is 1070. The molecule has 2 aromatic rings. The molecule has 0 spiro atoms. The Kier molecular flexibility index (Phi) is 8.97. The Morgan fingerprint density at radius 2 is 1.82 bits per heavy atom. The average molecular weight is 458 g/mol. The first-order valence-electron chi connectivity index (χ1n) is 12.0. The smallest absolute Gasteiger partial charge is 0.277 e. The Labute approximate surface area is 203 Å². The van der Waals surface area contributed by atoms with Crippen molar-refractivity contribution in [2.45, 2.75) is 65.0 Å². The molecule has 5 nitrogen and oxygen atoms in total. The fourth-order valence-electron chi connectivity index (χ4n) is 4.44. The van der Waals surface area contributed by atoms with Gasteiger partial charge in [0.1, 0.15) is 11.7 Å². The summed E-state index contributed by atoms with van der Waals surface area (Å²) in [6.45, 7) is 9.75. The second-order valence-electron chi connectivity index (χ2n) is 8.91. The summed E-state index contributed by atoms with van der Waals surface area (Å²) in [6.07, 6.45) is 12.5. The molecular weight excluding hydrogens is 422 g/mol. The van der Waals surface area contributed by atoms with Gasteiger partial charge in [-0.3, -0.25) is 19.5 Å². The number of aromatic nitrogens is 1. The van der Waals surface area contributed by atoms with Crippen LogP contribution in [-0.4, -0.2) is 27.7 Å². The predicted molar refractivity (Wildman–Crippen MR) is 137 cm³/mol. The number of nitrogens with one attached hydrogen (secondary N) is 1. The zero-order valence-corrected chi connectivity index (χ0v) is 20.5. The number of pyridine rings is 1. The summed E-state index contributed by atoms with van der Waals surface area (Å²) in [5, 5.41) is 3.25. The van der Waals surface area contributed by atoms with Gasteiger partial charge in [0, 0.05) is 17.9 Å². The standard InChI is InChI=1S/C29H35N3O2/c1-5-13-24(20-21(2)3)32(29(34)26-18-11-12-19-30-26)27(25-17-10-9-14-22(25)4)28(33)31-23-15-7-6-8-16-23/h5,9-14,17-20,23,27H,2,6-8,15-16H2,1,3-4H3,(H,31,33). The minimum atomic E-state index is -0.848. The summed E-state index contributed by atoms with van der Waals surface area (Å²) in [5.41, 5.74) is 3.39. The molecule has 1 aromatic heterocycles. The van der Waals surface area contributed by atoms with Crippen molar-refractivity contribution in [1.82, 2.24) is 15.2 Å². The highest BCUT2D eigenvalue weighted by atomic mass is 16.2. The van der Waals surface area contributed by atoms with E-state index in [1.807, 2.05) is 63.3 Å². The van der Waals surface area contributed by atoms with Crippen molar-refractivity contribution in [3.05, 3.63) is 102 Å². The summed E-state index contributed by atoms with van der Waals surface area (Å²) in [5.74, 6) is -0.513. The second-order valence-corrected chi connectivity index (χ2v) is 8.91. The largest absolute Gasteiger partial charge is 0.351 e. The van der Waals surface area contributed by atoms with E-state index in [9.17, 15) is 9.59 Å². The summed E-state index contributed by atoms with van der Waals surface area (Å²) in [4.78, 5) is 33.7. The molecule has 1 saturated carbocycles. The van der Waals surface area contributed by atoms with Crippen LogP contribution in [0.15, 0.2) is 84.7 Å². The van der Waals surface area contributed by atoms with E-state index < -0.39 is 6.04 Å². The quantitative estimate of drug-likeness (QED) is 0.490. The molecule has 5 heteroatoms. The summed E-state index contributed by atoms with van der Waals surface area (Å²) in [7, 11) is 0. The van der Waals surface area contributed by atoms with E-state index >= 15 is 0 Å². The van der Waals surface area contributed by atoms with E-state index in [1.165, 1.54) is 6.42 Å². The minimum Gasteiger partial charge on any atom is -0.351 e. The van der Waals surface area contributed by atoms with E-state index in [4.69, 9.17) is 0 Å². The van der Waals surface area contributed by atoms with Crippen molar-refractivity contribution >= 4 is 11.8 Å². The van der Waals surface area contributed by atoms with Crippen LogP contribution in [0.25, 0.3) is 0 Å². The lowest BCUT2D eigenvalue weighted by Crippen LogP contribution is -2.47. The third kappa shape index (κ3) is 6.31. The van der Waals surface area contributed by atoms with Gasteiger partial charge >= 0.3 is 0 Å². The molecule has 1 N–H and O–H groups in total. The third-order valence-electron chi connectivity index (χ3n) is 6.05. The molecule has 3 rings (SSSR count). The number of carbonyl (C=O) groups excluding carboxylic acids is 2. The Morgan fingerprint density at radius 1 is 1.12 bits per heavy atom. The molecule has 0 saturated heterocycles. The van der Waals surface area contributed by atoms with Crippen LogP contribution >= 0.6 is 0 Å². The number of nitrogens with zero attached hydrogens (tertiary/aromatic N) is 2. The topological polar surface area (TPSA) is 62.3 Å². The molecule has 1 heterocycles. The van der Waals surface area contributed by atoms with Crippen molar-refractivity contribution < 1.29 is 9.59 Å². The van der Waals surface area contributed by atoms with Crippen LogP contribution in [0.5, 0.6) is 0 Å². The van der Waals surface area contributed by atoms with Gasteiger partial charge < -0.3 is 5.32 Å². The zero-order valence-electron chi connectivity index (χ0n) is 20.5. The van der Waals surface area contributed by atoms with E-state index in [2.05, 4.69) is 16.9 Å². The monoisotopic (exact) mass is 457 g/mol. The molecule has 34 heavy (non-hydrogen) atoms. The van der Waals surface area contributed by atoms with E-state index in [0.717, 1.165) is 42.4 Å². The Morgan fingerprint density at radius 3 is 2.44 bits per heavy atom. The molecule has 1 aliphatic carbocycles. The SMILES string of the molecule is C=C(C)C=C(C=CC)N(C(=O)c1ccccn1)C(C(=O)NC1CCCCC1)c1ccccc1C. The fourth-order valence-corrected chi connectivity index (χ4v) is 4.44. The first-order chi connectivity index (χ1) is 16.4. The first-order valence-corrected chi connectivity index (χ1v) is 12.0. The van der Waals surface area contributed by atoms with Crippen molar-refractivity contribution in [1.29, 1.82) is 0 Å². The van der Waals surface area contributed by atoms with Crippen LogP contribution in [0.2, 0.25) is 0 Å². The van der Waals surface area contributed by atoms with Crippen LogP contribution in [0.4, 0.5) is 0 Å². The van der Waals surface area contributed by atoms with Gasteiger partial charge in [-0.05, 0) is 69.0 Å². The van der Waals surface area contributed by atoms with Crippen LogP contribution in [-0.2, 0) is 4.79 Å². The molecule has 1 unspecified atom stereocenters. The van der Waals surface area contributed by atoms with Gasteiger partial charge in [0.2, 0.25) is 5.91 Å². The number of carbonyl (C=O) groups is 2. The Balaban J connectivity index is 2.17. The molecule has 178 valence electrons. The zero-order chi connectivity index (χ0) is 24.5. The van der Waals surface area contributed by atoms with Crippen molar-refractivity contribution in [2.75, 3.05) is 0 Å². The molecule has 1 aromatic carbocycles. The molecule has 0 radical (unpaired) electrons. The molecule has 0 bridgehead atoms. The van der Waals surface area contributed by atoms with Crippen molar-refractivity contribution in [3.63, 3.8) is 0 Å². The number of aryl methyl sites for hydroxylation is 1. The van der Waals surface area contributed by atoms with Gasteiger partial charge in [-0.15, -0.1) is 0 Å². The fraction of sp³-hybridized carbons (Fsp3) is 0.345. The highest BCUT2D eigenvalue weighted by Gasteiger charge is 2.36. The number of benzene rings is 1. The van der Waals surface area contributed by atoms with Crippen LogP contribution in [0, 0.1) is 6.92 Å². The number of hydrogen-bond acceptors (Lipinski definition) is 3. The predicted octanol–water partition coefficient (Wildman–Crippen LogP) is 6.06. The normalized spacial score (nSPS) is 15.7. The molecule has 1 atom stereocenters. The van der Waals surface area contributed by atoms with Gasteiger partial charge in [-0.1, -0.05) is 67.8 Å². The maximum Gasteiger partial charge on any atom is 0.277 e. The van der Waals surface area contributed by atoms with Gasteiger partial charge in [-0.25, -0.2) is 0 Å². The minimum absolute atomic E-state index is 0.120. The summed E-state index contributed by atoms with van der Waals surface area (Å²) in [6, 6.07) is 12.2. The molecule has 0 aliphatic heterocycles. The first kappa shape index (κ1) is 25.2. The third-order valence-corrected chi connectivity index (χ3v) is 6.05. The van der Waals surface area contributed by atoms with Gasteiger partial charge in [0.15, 0.2) is 0 Å². The van der Waals surface area contributed by atoms with Crippen molar-refractivity contribution in [3.8, 4) is 0 Å². The van der Waals surface area contributed by atoms with Gasteiger partial charge in [-0.2, -0.15) is 0 Å². The van der Waals surface area contributed by atoms with Gasteiger partial charge in [0.25, 0.3) is 5.91 Å². The van der Waals surface area contributed by atoms with Crippen LogP contribution in [0.3, 0.4) is 0 Å². The van der Waals surface area contributed by atoms with Crippen LogP contribution in [0.1, 0.15) is 73.6 Å². The maximum absolute atomic E-state index is 13.9. The molecule has 2 amide bonds. The molecule has 1 aliphatic rings. The van der Waals surface area contributed by atoms with E-state index in [1.54, 1.807) is 29.3 Å². The number of amides is 2. The summed E-state index contributed by atoms with van der Waals surface area (Å²) < 4.78 is 0. The number of rotatable bonds is 8. The van der Waals surface area contributed by atoms with Crippen molar-refractivity contribution in [2.24, 2.45) is 0 Å². The number of hydrogen-bond donors (Lipinski definition) is 1. The summed E-state index contributed by atoms with van der Waals surface area (Å²) >= 11 is 0. The lowest BCUT2D eigenvalue weighted by molar-refractivity contribution is -0.126. The van der Waals surface area contributed by atoms with E-state index in [-0.39, 0.29) is 23.6 Å². The maximum atomic E-state index is 13.9. The van der Waals surface area contributed by atoms with Crippen LogP contribution < -0.4 is 5.32 Å². The van der Waals surface area contributed by atoms with E-state index in [0.29, 0.717) is 5.70 Å². The number of allylic oxidation sites excluding steroid dienone is 4. The molecular formula is C29H35N3O2. The lowest BCUT2D eigenvalue weighted by atomic mass is 9.93. The highest BCUT2D eigenvalue weighted by Crippen LogP contribution is 2.31. The highest BCUT2D eigenvalue weighted by molar-refractivity contribution is 5.98. The second kappa shape index (κ2) is 12.1. The average Bonchev–Trinajstić information content (AvgIpc) is 2.83. The lowest BCUT2D eigenvalue weighted by Gasteiger charge is -2.34.